The first-order valence-electron chi connectivity index (χ1n) is 11.0. The highest BCUT2D eigenvalue weighted by Gasteiger charge is 2.25. The lowest BCUT2D eigenvalue weighted by molar-refractivity contribution is 0.0270. The number of sulfone groups is 1. The van der Waals surface area contributed by atoms with E-state index in [1.54, 1.807) is 23.5 Å². The Morgan fingerprint density at radius 2 is 1.91 bits per heavy atom. The Labute approximate surface area is 202 Å². The van der Waals surface area contributed by atoms with E-state index in [0.717, 1.165) is 17.9 Å². The monoisotopic (exact) mass is 504 g/mol. The van der Waals surface area contributed by atoms with Crippen molar-refractivity contribution in [1.82, 2.24) is 19.4 Å². The van der Waals surface area contributed by atoms with E-state index in [-0.39, 0.29) is 23.5 Å². The van der Waals surface area contributed by atoms with Crippen LogP contribution in [-0.4, -0.2) is 58.9 Å². The van der Waals surface area contributed by atoms with Crippen LogP contribution in [0.2, 0.25) is 0 Å². The van der Waals surface area contributed by atoms with Crippen LogP contribution in [0.25, 0.3) is 16.5 Å². The maximum absolute atomic E-state index is 14.7. The molecule has 0 saturated carbocycles. The first kappa shape index (κ1) is 24.8. The molecule has 0 unspecified atom stereocenters. The molecule has 0 N–H and O–H groups in total. The predicted molar refractivity (Wildman–Crippen MR) is 126 cm³/mol. The van der Waals surface area contributed by atoms with Crippen molar-refractivity contribution in [2.24, 2.45) is 0 Å². The number of benzene rings is 1. The molecule has 3 aromatic rings. The highest BCUT2D eigenvalue weighted by Crippen LogP contribution is 2.28. The minimum Gasteiger partial charge on any atom is -0.444 e. The predicted octanol–water partition coefficient (Wildman–Crippen LogP) is 4.19. The molecule has 1 aliphatic heterocycles. The number of aromatic nitrogens is 3. The molecule has 2 aromatic heterocycles. The third kappa shape index (κ3) is 5.34. The summed E-state index contributed by atoms with van der Waals surface area (Å²) in [6.45, 7) is 6.49. The topological polar surface area (TPSA) is 94.4 Å². The van der Waals surface area contributed by atoms with E-state index in [1.165, 1.54) is 10.6 Å². The lowest BCUT2D eigenvalue weighted by Crippen LogP contribution is -2.39. The van der Waals surface area contributed by atoms with Gasteiger partial charge in [0, 0.05) is 30.9 Å². The number of hydrogen-bond donors (Lipinski definition) is 0. The van der Waals surface area contributed by atoms with Crippen molar-refractivity contribution in [3.05, 3.63) is 59.8 Å². The molecule has 0 atom stereocenters. The van der Waals surface area contributed by atoms with Gasteiger partial charge in [0.15, 0.2) is 21.5 Å². The van der Waals surface area contributed by atoms with Crippen LogP contribution in [0.3, 0.4) is 0 Å². The Morgan fingerprint density at radius 1 is 1.17 bits per heavy atom. The fraction of sp³-hybridized carbons (Fsp3) is 0.375. The highest BCUT2D eigenvalue weighted by atomic mass is 32.2. The van der Waals surface area contributed by atoms with E-state index in [1.807, 2.05) is 26.8 Å². The summed E-state index contributed by atoms with van der Waals surface area (Å²) in [6.07, 6.45) is 7.69. The molecule has 35 heavy (non-hydrogen) atoms. The molecule has 0 aliphatic carbocycles. The number of nitrogens with zero attached hydrogens (tertiary/aromatic N) is 4. The Hall–Kier alpha value is -3.34. The summed E-state index contributed by atoms with van der Waals surface area (Å²) in [4.78, 5) is 22.0. The fourth-order valence-corrected chi connectivity index (χ4v) is 4.60. The van der Waals surface area contributed by atoms with Crippen LogP contribution in [0, 0.1) is 11.6 Å². The molecular formula is C24H26F2N4O4S. The molecule has 1 aromatic carbocycles. The summed E-state index contributed by atoms with van der Waals surface area (Å²) in [7, 11) is -3.91. The zero-order valence-corrected chi connectivity index (χ0v) is 20.7. The number of hydrogen-bond acceptors (Lipinski definition) is 6. The van der Waals surface area contributed by atoms with Gasteiger partial charge in [-0.3, -0.25) is 9.97 Å². The molecule has 0 bridgehead atoms. The average Bonchev–Trinajstić information content (AvgIpc) is 3.17. The van der Waals surface area contributed by atoms with Crippen LogP contribution >= 0.6 is 0 Å². The Balaban J connectivity index is 1.50. The van der Waals surface area contributed by atoms with E-state index in [0.29, 0.717) is 30.9 Å². The zero-order valence-electron chi connectivity index (χ0n) is 19.9. The summed E-state index contributed by atoms with van der Waals surface area (Å²) in [5, 5.41) is 0.274. The molecule has 0 spiro atoms. The second-order valence-corrected chi connectivity index (χ2v) is 11.4. The molecule has 0 radical (unpaired) electrons. The molecule has 0 saturated heterocycles. The Morgan fingerprint density at radius 3 is 2.49 bits per heavy atom. The number of amides is 1. The fourth-order valence-electron chi connectivity index (χ4n) is 3.85. The van der Waals surface area contributed by atoms with Gasteiger partial charge in [-0.15, -0.1) is 0 Å². The third-order valence-corrected chi connectivity index (χ3v) is 6.62. The summed E-state index contributed by atoms with van der Waals surface area (Å²) >= 11 is 0. The average molecular weight is 505 g/mol. The van der Waals surface area contributed by atoms with Gasteiger partial charge in [0.1, 0.15) is 10.5 Å². The number of rotatable bonds is 4. The second kappa shape index (κ2) is 9.03. The van der Waals surface area contributed by atoms with Crippen molar-refractivity contribution in [2.45, 2.75) is 44.2 Å². The molecule has 1 aliphatic rings. The first-order chi connectivity index (χ1) is 16.3. The van der Waals surface area contributed by atoms with Crippen molar-refractivity contribution < 1.29 is 26.7 Å². The van der Waals surface area contributed by atoms with E-state index < -0.39 is 32.0 Å². The maximum Gasteiger partial charge on any atom is 0.410 e. The van der Waals surface area contributed by atoms with Crippen LogP contribution in [0.4, 0.5) is 13.6 Å². The lowest BCUT2D eigenvalue weighted by atomic mass is 10.1. The summed E-state index contributed by atoms with van der Waals surface area (Å²) < 4.78 is 59.5. The van der Waals surface area contributed by atoms with Crippen LogP contribution in [0.1, 0.15) is 38.6 Å². The summed E-state index contributed by atoms with van der Waals surface area (Å²) in [5.74, 6) is -2.62. The molecule has 4 rings (SSSR count). The minimum atomic E-state index is -3.91. The van der Waals surface area contributed by atoms with E-state index >= 15 is 0 Å². The first-order valence-corrected chi connectivity index (χ1v) is 12.9. The number of ether oxygens (including phenoxy) is 1. The molecule has 11 heteroatoms. The van der Waals surface area contributed by atoms with Crippen molar-refractivity contribution >= 4 is 32.4 Å². The van der Waals surface area contributed by atoms with Gasteiger partial charge in [-0.05, 0) is 44.9 Å². The SMILES string of the molecule is CC(C)(C)OC(=O)N1CC=C(c2cnc(Cn3ccc4cc(S(C)(=O)=O)c(F)c(F)c43)cn2)CC1. The van der Waals surface area contributed by atoms with Crippen LogP contribution < -0.4 is 0 Å². The number of fused-ring (bicyclic) bond motifs is 1. The van der Waals surface area contributed by atoms with Crippen molar-refractivity contribution in [2.75, 3.05) is 19.3 Å². The Kier molecular flexibility index (Phi) is 6.39. The highest BCUT2D eigenvalue weighted by molar-refractivity contribution is 7.90. The van der Waals surface area contributed by atoms with E-state index in [2.05, 4.69) is 9.97 Å². The van der Waals surface area contributed by atoms with Gasteiger partial charge in [-0.25, -0.2) is 22.0 Å². The molecular weight excluding hydrogens is 478 g/mol. The zero-order chi connectivity index (χ0) is 25.5. The van der Waals surface area contributed by atoms with Gasteiger partial charge in [-0.1, -0.05) is 6.08 Å². The van der Waals surface area contributed by atoms with Gasteiger partial charge in [0.05, 0.1) is 35.8 Å². The van der Waals surface area contributed by atoms with E-state index in [4.69, 9.17) is 4.74 Å². The molecule has 0 fully saturated rings. The van der Waals surface area contributed by atoms with Crippen LogP contribution in [0.5, 0.6) is 0 Å². The second-order valence-electron chi connectivity index (χ2n) is 9.46. The molecule has 1 amide bonds. The standard InChI is InChI=1S/C24H26F2N4O4S/c1-24(2,3)34-23(31)29-8-5-15(6-9-29)18-13-27-17(12-28-18)14-30-10-7-16-11-19(35(4,32)33)20(25)21(26)22(16)30/h5,7,10-13H,6,8-9,14H2,1-4H3. The molecule has 186 valence electrons. The van der Waals surface area contributed by atoms with Crippen molar-refractivity contribution in [3.8, 4) is 0 Å². The third-order valence-electron chi connectivity index (χ3n) is 5.53. The van der Waals surface area contributed by atoms with Crippen LogP contribution in [0.15, 0.2) is 41.7 Å². The van der Waals surface area contributed by atoms with Gasteiger partial charge in [-0.2, -0.15) is 0 Å². The normalized spacial score (nSPS) is 14.8. The quantitative estimate of drug-likeness (QED) is 0.529. The number of carbonyl (C=O) groups is 1. The minimum absolute atomic E-state index is 0.0435. The lowest BCUT2D eigenvalue weighted by Gasteiger charge is -2.29. The summed E-state index contributed by atoms with van der Waals surface area (Å²) in [5.41, 5.74) is 1.54. The Bertz CT molecular complexity index is 1420. The van der Waals surface area contributed by atoms with Gasteiger partial charge in [0.2, 0.25) is 0 Å². The van der Waals surface area contributed by atoms with E-state index in [9.17, 15) is 22.0 Å². The van der Waals surface area contributed by atoms with Crippen molar-refractivity contribution in [1.29, 1.82) is 0 Å². The molecule has 3 heterocycles. The van der Waals surface area contributed by atoms with Crippen molar-refractivity contribution in [3.63, 3.8) is 0 Å². The number of carbonyl (C=O) groups excluding carboxylic acids is 1. The van der Waals surface area contributed by atoms with Gasteiger partial charge in [0.25, 0.3) is 0 Å². The van der Waals surface area contributed by atoms with Gasteiger partial charge < -0.3 is 14.2 Å². The van der Waals surface area contributed by atoms with Crippen LogP contribution in [-0.2, 0) is 21.1 Å². The largest absolute Gasteiger partial charge is 0.444 e. The summed E-state index contributed by atoms with van der Waals surface area (Å²) in [6, 6.07) is 2.65. The smallest absolute Gasteiger partial charge is 0.410 e. The number of halogens is 2. The van der Waals surface area contributed by atoms with Gasteiger partial charge >= 0.3 is 6.09 Å². The maximum atomic E-state index is 14.7. The molecule has 8 nitrogen and oxygen atoms in total.